The Morgan fingerprint density at radius 1 is 0.455 bits per heavy atom. The van der Waals surface area contributed by atoms with Gasteiger partial charge in [0.15, 0.2) is 0 Å². The zero-order valence-electron chi connectivity index (χ0n) is 23.7. The molecule has 4 heteroatoms. The van der Waals surface area contributed by atoms with Crippen LogP contribution < -0.4 is 0 Å². The Hall–Kier alpha value is -5.58. The Labute approximate surface area is 258 Å². The van der Waals surface area contributed by atoms with Crippen molar-refractivity contribution in [3.05, 3.63) is 152 Å². The second-order valence-corrected chi connectivity index (χ2v) is 12.1. The van der Waals surface area contributed by atoms with Crippen LogP contribution in [0, 0.1) is 0 Å². The van der Waals surface area contributed by atoms with Gasteiger partial charge in [-0.2, -0.15) is 0 Å². The van der Waals surface area contributed by atoms with Gasteiger partial charge < -0.3 is 0 Å². The summed E-state index contributed by atoms with van der Waals surface area (Å²) < 4.78 is 4.82. The van der Waals surface area contributed by atoms with Gasteiger partial charge in [0.05, 0.1) is 16.7 Å². The smallest absolute Gasteiger partial charge is 0.235 e. The molecule has 0 amide bonds. The van der Waals surface area contributed by atoms with E-state index in [-0.39, 0.29) is 0 Å². The van der Waals surface area contributed by atoms with Gasteiger partial charge in [-0.25, -0.2) is 9.97 Å². The van der Waals surface area contributed by atoms with Crippen LogP contribution in [-0.2, 0) is 0 Å². The van der Waals surface area contributed by atoms with Crippen molar-refractivity contribution < 1.29 is 0 Å². The third-order valence-electron chi connectivity index (χ3n) is 8.53. The van der Waals surface area contributed by atoms with E-state index in [9.17, 15) is 0 Å². The molecular formula is C40H25N3S. The van der Waals surface area contributed by atoms with Crippen molar-refractivity contribution in [3.8, 4) is 39.5 Å². The summed E-state index contributed by atoms with van der Waals surface area (Å²) >= 11 is 1.86. The van der Waals surface area contributed by atoms with Gasteiger partial charge in [0.25, 0.3) is 0 Å². The number of fused-ring (bicyclic) bond motifs is 7. The molecule has 0 aliphatic heterocycles. The van der Waals surface area contributed by atoms with Crippen LogP contribution in [0.25, 0.3) is 81.4 Å². The molecule has 206 valence electrons. The summed E-state index contributed by atoms with van der Waals surface area (Å²) in [7, 11) is 0. The first-order chi connectivity index (χ1) is 21.8. The quantitative estimate of drug-likeness (QED) is 0.208. The average molecular weight is 580 g/mol. The summed E-state index contributed by atoms with van der Waals surface area (Å²) in [6.45, 7) is 0. The molecule has 0 saturated heterocycles. The summed E-state index contributed by atoms with van der Waals surface area (Å²) in [5, 5.41) is 5.08. The summed E-state index contributed by atoms with van der Waals surface area (Å²) in [6, 6.07) is 51.6. The number of thiophene rings is 1. The highest BCUT2D eigenvalue weighted by atomic mass is 32.1. The highest BCUT2D eigenvalue weighted by molar-refractivity contribution is 7.26. The minimum Gasteiger partial charge on any atom is -0.278 e. The Morgan fingerprint density at radius 3 is 1.82 bits per heavy atom. The number of para-hydroxylation sites is 1. The number of benzene rings is 6. The fourth-order valence-corrected chi connectivity index (χ4v) is 7.65. The van der Waals surface area contributed by atoms with Gasteiger partial charge in [-0.1, -0.05) is 121 Å². The first-order valence-corrected chi connectivity index (χ1v) is 15.6. The van der Waals surface area contributed by atoms with Gasteiger partial charge in [-0.3, -0.25) is 4.57 Å². The van der Waals surface area contributed by atoms with Crippen LogP contribution in [0.1, 0.15) is 0 Å². The molecule has 0 N–H and O–H groups in total. The van der Waals surface area contributed by atoms with Crippen LogP contribution in [0.2, 0.25) is 0 Å². The predicted molar refractivity (Wildman–Crippen MR) is 186 cm³/mol. The van der Waals surface area contributed by atoms with Crippen LogP contribution in [0.15, 0.2) is 152 Å². The van der Waals surface area contributed by atoms with Crippen molar-refractivity contribution in [3.63, 3.8) is 0 Å². The molecular weight excluding hydrogens is 555 g/mol. The largest absolute Gasteiger partial charge is 0.278 e. The van der Waals surface area contributed by atoms with Gasteiger partial charge >= 0.3 is 0 Å². The lowest BCUT2D eigenvalue weighted by molar-refractivity contribution is 0.992. The Bertz CT molecular complexity index is 2470. The van der Waals surface area contributed by atoms with Crippen LogP contribution in [0.5, 0.6) is 0 Å². The van der Waals surface area contributed by atoms with Crippen LogP contribution >= 0.6 is 11.3 Å². The summed E-state index contributed by atoms with van der Waals surface area (Å²) in [6.07, 6.45) is 1.87. The molecule has 0 saturated carbocycles. The standard InChI is InChI=1S/C40H25N3S/c1-2-8-26(9-3-1)27-14-16-28(17-15-27)29-18-20-30(21-19-29)34-24-25-41-40(42-34)43-35-12-6-4-11-33(35)38-36(43)23-22-32-31-10-5-7-13-37(31)44-39(32)38/h1-25H. The normalized spacial score (nSPS) is 11.6. The monoisotopic (exact) mass is 579 g/mol. The van der Waals surface area contributed by atoms with Gasteiger partial charge in [0.1, 0.15) is 0 Å². The highest BCUT2D eigenvalue weighted by Crippen LogP contribution is 2.43. The minimum atomic E-state index is 0.676. The van der Waals surface area contributed by atoms with E-state index in [0.717, 1.165) is 22.3 Å². The van der Waals surface area contributed by atoms with Crippen molar-refractivity contribution >= 4 is 53.3 Å². The maximum Gasteiger partial charge on any atom is 0.235 e. The fourth-order valence-electron chi connectivity index (χ4n) is 6.39. The highest BCUT2D eigenvalue weighted by Gasteiger charge is 2.18. The molecule has 9 rings (SSSR count). The number of rotatable bonds is 4. The summed E-state index contributed by atoms with van der Waals surface area (Å²) in [4.78, 5) is 9.90. The molecule has 3 heterocycles. The van der Waals surface area contributed by atoms with Crippen molar-refractivity contribution in [1.29, 1.82) is 0 Å². The fraction of sp³-hybridized carbons (Fsp3) is 0. The van der Waals surface area contributed by atoms with Crippen molar-refractivity contribution in [2.24, 2.45) is 0 Å². The van der Waals surface area contributed by atoms with Crippen molar-refractivity contribution in [2.75, 3.05) is 0 Å². The first-order valence-electron chi connectivity index (χ1n) is 14.7. The van der Waals surface area contributed by atoms with E-state index in [1.807, 2.05) is 29.7 Å². The van der Waals surface area contributed by atoms with Gasteiger partial charge in [0, 0.05) is 42.7 Å². The van der Waals surface area contributed by atoms with Crippen LogP contribution in [0.4, 0.5) is 0 Å². The molecule has 0 aliphatic carbocycles. The number of aromatic nitrogens is 3. The van der Waals surface area contributed by atoms with Crippen molar-refractivity contribution in [1.82, 2.24) is 14.5 Å². The average Bonchev–Trinajstić information content (AvgIpc) is 3.65. The van der Waals surface area contributed by atoms with E-state index in [2.05, 4.69) is 138 Å². The van der Waals surface area contributed by atoms with Crippen LogP contribution in [0.3, 0.4) is 0 Å². The van der Waals surface area contributed by atoms with E-state index >= 15 is 0 Å². The lowest BCUT2D eigenvalue weighted by atomic mass is 9.99. The van der Waals surface area contributed by atoms with E-state index in [1.165, 1.54) is 53.2 Å². The Kier molecular flexibility index (Phi) is 5.68. The summed E-state index contributed by atoms with van der Waals surface area (Å²) in [5.41, 5.74) is 9.01. The van der Waals surface area contributed by atoms with Crippen molar-refractivity contribution in [2.45, 2.75) is 0 Å². The maximum atomic E-state index is 5.11. The van der Waals surface area contributed by atoms with E-state index < -0.39 is 0 Å². The number of hydrogen-bond donors (Lipinski definition) is 0. The van der Waals surface area contributed by atoms with E-state index in [4.69, 9.17) is 9.97 Å². The molecule has 3 aromatic heterocycles. The first kappa shape index (κ1) is 25.0. The molecule has 0 bridgehead atoms. The SMILES string of the molecule is c1ccc(-c2ccc(-c3ccc(-c4ccnc(-n5c6ccccc6c6c7sc8ccccc8c7ccc65)n4)cc3)cc2)cc1. The lowest BCUT2D eigenvalue weighted by Gasteiger charge is -2.09. The van der Waals surface area contributed by atoms with E-state index in [0.29, 0.717) is 5.95 Å². The third-order valence-corrected chi connectivity index (χ3v) is 9.73. The Balaban J connectivity index is 1.12. The van der Waals surface area contributed by atoms with Gasteiger partial charge in [0.2, 0.25) is 5.95 Å². The molecule has 44 heavy (non-hydrogen) atoms. The molecule has 6 aromatic carbocycles. The second kappa shape index (κ2) is 10.0. The van der Waals surface area contributed by atoms with Gasteiger partial charge in [-0.05, 0) is 46.5 Å². The molecule has 3 nitrogen and oxygen atoms in total. The minimum absolute atomic E-state index is 0.676. The zero-order valence-corrected chi connectivity index (χ0v) is 24.5. The molecule has 0 aliphatic rings. The molecule has 0 atom stereocenters. The molecule has 0 spiro atoms. The molecule has 0 radical (unpaired) electrons. The van der Waals surface area contributed by atoms with Crippen LogP contribution in [-0.4, -0.2) is 14.5 Å². The zero-order chi connectivity index (χ0) is 29.0. The second-order valence-electron chi connectivity index (χ2n) is 11.0. The summed E-state index contributed by atoms with van der Waals surface area (Å²) in [5.74, 6) is 0.676. The molecule has 9 aromatic rings. The lowest BCUT2D eigenvalue weighted by Crippen LogP contribution is -2.01. The predicted octanol–water partition coefficient (Wildman–Crippen LogP) is 10.9. The number of nitrogens with zero attached hydrogens (tertiary/aromatic N) is 3. The number of hydrogen-bond acceptors (Lipinski definition) is 3. The maximum absolute atomic E-state index is 5.11. The Morgan fingerprint density at radius 2 is 1.07 bits per heavy atom. The molecule has 0 unspecified atom stereocenters. The van der Waals surface area contributed by atoms with E-state index in [1.54, 1.807) is 0 Å². The molecule has 0 fully saturated rings. The van der Waals surface area contributed by atoms with Gasteiger partial charge in [-0.15, -0.1) is 11.3 Å². The third kappa shape index (κ3) is 3.96. The topological polar surface area (TPSA) is 30.7 Å².